The number of nitrogens with one attached hydrogen (secondary N) is 1. The molecule has 0 unspecified atom stereocenters. The summed E-state index contributed by atoms with van der Waals surface area (Å²) in [6.07, 6.45) is 0. The summed E-state index contributed by atoms with van der Waals surface area (Å²) in [6.45, 7) is 3.62. The van der Waals surface area contributed by atoms with E-state index in [9.17, 15) is 9.90 Å². The van der Waals surface area contributed by atoms with Gasteiger partial charge in [-0.15, -0.1) is 0 Å². The average molecular weight is 256 g/mol. The molecule has 0 aliphatic heterocycles. The molecule has 0 bridgehead atoms. The van der Waals surface area contributed by atoms with Crippen molar-refractivity contribution in [3.63, 3.8) is 0 Å². The van der Waals surface area contributed by atoms with Crippen LogP contribution >= 0.6 is 0 Å². The number of hydrogen-bond acceptors (Lipinski definition) is 3. The maximum absolute atomic E-state index is 12.1. The molecule has 0 aliphatic rings. The van der Waals surface area contributed by atoms with Gasteiger partial charge < -0.3 is 16.2 Å². The lowest BCUT2D eigenvalue weighted by molar-refractivity contribution is 0.102. The molecule has 0 atom stereocenters. The molecule has 0 aromatic heterocycles. The molecule has 19 heavy (non-hydrogen) atoms. The van der Waals surface area contributed by atoms with Gasteiger partial charge in [0.15, 0.2) is 0 Å². The van der Waals surface area contributed by atoms with Gasteiger partial charge in [0.2, 0.25) is 0 Å². The summed E-state index contributed by atoms with van der Waals surface area (Å²) in [6, 6.07) is 10.3. The lowest BCUT2D eigenvalue weighted by Crippen LogP contribution is -2.12. The van der Waals surface area contributed by atoms with E-state index in [1.54, 1.807) is 43.3 Å². The van der Waals surface area contributed by atoms with Crippen molar-refractivity contribution >= 4 is 17.3 Å². The summed E-state index contributed by atoms with van der Waals surface area (Å²) >= 11 is 0. The first-order valence-corrected chi connectivity index (χ1v) is 5.95. The molecule has 4 N–H and O–H groups in total. The minimum Gasteiger partial charge on any atom is -0.505 e. The summed E-state index contributed by atoms with van der Waals surface area (Å²) < 4.78 is 0. The Kier molecular flexibility index (Phi) is 3.42. The second-order valence-electron chi connectivity index (χ2n) is 4.50. The van der Waals surface area contributed by atoms with Gasteiger partial charge in [-0.25, -0.2) is 0 Å². The van der Waals surface area contributed by atoms with E-state index < -0.39 is 0 Å². The summed E-state index contributed by atoms with van der Waals surface area (Å²) in [7, 11) is 0. The van der Waals surface area contributed by atoms with Gasteiger partial charge in [0.05, 0.1) is 5.69 Å². The zero-order valence-electron chi connectivity index (χ0n) is 10.9. The minimum atomic E-state index is -0.274. The van der Waals surface area contributed by atoms with Gasteiger partial charge in [-0.05, 0) is 49.2 Å². The monoisotopic (exact) mass is 256 g/mol. The van der Waals surface area contributed by atoms with E-state index in [1.807, 2.05) is 6.92 Å². The number of anilines is 2. The predicted octanol–water partition coefficient (Wildman–Crippen LogP) is 2.84. The van der Waals surface area contributed by atoms with E-state index in [0.717, 1.165) is 5.56 Å². The molecule has 0 radical (unpaired) electrons. The molecule has 0 heterocycles. The number of aryl methyl sites for hydroxylation is 2. The number of aromatic hydroxyl groups is 1. The molecule has 1 amide bonds. The van der Waals surface area contributed by atoms with Crippen LogP contribution in [0.25, 0.3) is 0 Å². The number of nitrogen functional groups attached to an aromatic ring is 1. The Morgan fingerprint density at radius 2 is 1.89 bits per heavy atom. The van der Waals surface area contributed by atoms with Crippen molar-refractivity contribution in [2.45, 2.75) is 13.8 Å². The molecule has 2 aromatic carbocycles. The van der Waals surface area contributed by atoms with Crippen LogP contribution in [0, 0.1) is 13.8 Å². The van der Waals surface area contributed by atoms with Crippen molar-refractivity contribution in [2.24, 2.45) is 0 Å². The van der Waals surface area contributed by atoms with Gasteiger partial charge in [0.25, 0.3) is 5.91 Å². The van der Waals surface area contributed by atoms with Crippen molar-refractivity contribution in [3.8, 4) is 5.75 Å². The number of nitrogens with two attached hydrogens (primary N) is 1. The highest BCUT2D eigenvalue weighted by molar-refractivity contribution is 6.05. The van der Waals surface area contributed by atoms with E-state index in [2.05, 4.69) is 5.32 Å². The second-order valence-corrected chi connectivity index (χ2v) is 4.50. The number of amides is 1. The molecule has 2 rings (SSSR count). The zero-order chi connectivity index (χ0) is 14.0. The number of phenols is 1. The highest BCUT2D eigenvalue weighted by Gasteiger charge is 2.10. The Balaban J connectivity index is 2.26. The third-order valence-electron chi connectivity index (χ3n) is 3.02. The number of phenolic OH excluding ortho intramolecular Hbond substituents is 1. The summed E-state index contributed by atoms with van der Waals surface area (Å²) in [5.74, 6) is -0.188. The maximum atomic E-state index is 12.1. The molecule has 0 saturated carbocycles. The Bertz CT molecular complexity index is 636. The molecular weight excluding hydrogens is 240 g/mol. The van der Waals surface area contributed by atoms with Crippen LogP contribution in [0.1, 0.15) is 21.5 Å². The SMILES string of the molecule is Cc1cc(C(=O)Nc2cccc(C)c2O)ccc1N. The van der Waals surface area contributed by atoms with Gasteiger partial charge in [-0.2, -0.15) is 0 Å². The fourth-order valence-electron chi connectivity index (χ4n) is 1.77. The molecule has 0 aliphatic carbocycles. The summed E-state index contributed by atoms with van der Waals surface area (Å²) in [5, 5.41) is 12.5. The van der Waals surface area contributed by atoms with Crippen LogP contribution in [-0.4, -0.2) is 11.0 Å². The summed E-state index contributed by atoms with van der Waals surface area (Å²) in [5.41, 5.74) is 8.83. The molecule has 98 valence electrons. The fourth-order valence-corrected chi connectivity index (χ4v) is 1.77. The smallest absolute Gasteiger partial charge is 0.255 e. The highest BCUT2D eigenvalue weighted by Crippen LogP contribution is 2.27. The molecule has 4 nitrogen and oxygen atoms in total. The lowest BCUT2D eigenvalue weighted by Gasteiger charge is -2.10. The summed E-state index contributed by atoms with van der Waals surface area (Å²) in [4.78, 5) is 12.1. The second kappa shape index (κ2) is 5.02. The topological polar surface area (TPSA) is 75.3 Å². The first-order chi connectivity index (χ1) is 8.99. The average Bonchev–Trinajstić information content (AvgIpc) is 2.38. The number of hydrogen-bond donors (Lipinski definition) is 3. The Morgan fingerprint density at radius 3 is 2.58 bits per heavy atom. The number of rotatable bonds is 2. The van der Waals surface area contributed by atoms with Crippen LogP contribution in [-0.2, 0) is 0 Å². The van der Waals surface area contributed by atoms with E-state index >= 15 is 0 Å². The standard InChI is InChI=1S/C15H16N2O2/c1-9-4-3-5-13(14(9)18)17-15(19)11-6-7-12(16)10(2)8-11/h3-8,18H,16H2,1-2H3,(H,17,19). The van der Waals surface area contributed by atoms with E-state index in [-0.39, 0.29) is 11.7 Å². The highest BCUT2D eigenvalue weighted by atomic mass is 16.3. The third kappa shape index (κ3) is 2.68. The number of benzene rings is 2. The molecular formula is C15H16N2O2. The number of para-hydroxylation sites is 1. The van der Waals surface area contributed by atoms with Gasteiger partial charge in [-0.3, -0.25) is 4.79 Å². The molecule has 2 aromatic rings. The Morgan fingerprint density at radius 1 is 1.16 bits per heavy atom. The molecule has 0 spiro atoms. The van der Waals surface area contributed by atoms with Crippen LogP contribution in [0.5, 0.6) is 5.75 Å². The van der Waals surface area contributed by atoms with E-state index in [4.69, 9.17) is 5.73 Å². The number of carbonyl (C=O) groups excluding carboxylic acids is 1. The van der Waals surface area contributed by atoms with Gasteiger partial charge in [0, 0.05) is 11.3 Å². The predicted molar refractivity (Wildman–Crippen MR) is 76.4 cm³/mol. The fraction of sp³-hybridized carbons (Fsp3) is 0.133. The van der Waals surface area contributed by atoms with Crippen LogP contribution < -0.4 is 11.1 Å². The largest absolute Gasteiger partial charge is 0.505 e. The maximum Gasteiger partial charge on any atom is 0.255 e. The van der Waals surface area contributed by atoms with Crippen molar-refractivity contribution in [2.75, 3.05) is 11.1 Å². The van der Waals surface area contributed by atoms with Crippen LogP contribution in [0.4, 0.5) is 11.4 Å². The Hall–Kier alpha value is -2.49. The van der Waals surface area contributed by atoms with Crippen LogP contribution in [0.2, 0.25) is 0 Å². The molecule has 4 heteroatoms. The van der Waals surface area contributed by atoms with Gasteiger partial charge >= 0.3 is 0 Å². The van der Waals surface area contributed by atoms with Crippen molar-refractivity contribution in [1.82, 2.24) is 0 Å². The first kappa shape index (κ1) is 13.0. The van der Waals surface area contributed by atoms with Crippen molar-refractivity contribution in [3.05, 3.63) is 53.1 Å². The normalized spacial score (nSPS) is 10.2. The van der Waals surface area contributed by atoms with E-state index in [0.29, 0.717) is 22.5 Å². The first-order valence-electron chi connectivity index (χ1n) is 5.95. The van der Waals surface area contributed by atoms with Crippen LogP contribution in [0.15, 0.2) is 36.4 Å². The molecule has 0 saturated heterocycles. The van der Waals surface area contributed by atoms with E-state index in [1.165, 1.54) is 0 Å². The lowest BCUT2D eigenvalue weighted by atomic mass is 10.1. The molecule has 0 fully saturated rings. The Labute approximate surface area is 111 Å². The zero-order valence-corrected chi connectivity index (χ0v) is 10.9. The third-order valence-corrected chi connectivity index (χ3v) is 3.02. The van der Waals surface area contributed by atoms with Crippen molar-refractivity contribution in [1.29, 1.82) is 0 Å². The van der Waals surface area contributed by atoms with Gasteiger partial charge in [-0.1, -0.05) is 12.1 Å². The number of carbonyl (C=O) groups is 1. The van der Waals surface area contributed by atoms with Gasteiger partial charge in [0.1, 0.15) is 5.75 Å². The quantitative estimate of drug-likeness (QED) is 0.571. The minimum absolute atomic E-state index is 0.0861. The van der Waals surface area contributed by atoms with Crippen molar-refractivity contribution < 1.29 is 9.90 Å². The van der Waals surface area contributed by atoms with Crippen LogP contribution in [0.3, 0.4) is 0 Å².